The third-order valence-electron chi connectivity index (χ3n) is 5.06. The summed E-state index contributed by atoms with van der Waals surface area (Å²) >= 11 is 0. The van der Waals surface area contributed by atoms with Crippen LogP contribution >= 0.6 is 0 Å². The molecule has 1 heterocycles. The van der Waals surface area contributed by atoms with Crippen molar-refractivity contribution >= 4 is 23.3 Å². The lowest BCUT2D eigenvalue weighted by Crippen LogP contribution is -2.29. The van der Waals surface area contributed by atoms with Gasteiger partial charge in [-0.1, -0.05) is 30.3 Å². The third-order valence-corrected chi connectivity index (χ3v) is 5.06. The summed E-state index contributed by atoms with van der Waals surface area (Å²) in [6, 6.07) is 16.3. The zero-order valence-corrected chi connectivity index (χ0v) is 16.8. The molecule has 0 saturated heterocycles. The molecule has 0 atom stereocenters. The summed E-state index contributed by atoms with van der Waals surface area (Å²) in [6.45, 7) is 3.45. The highest BCUT2D eigenvalue weighted by atomic mass is 16.2. The summed E-state index contributed by atoms with van der Waals surface area (Å²) in [6.07, 6.45) is 1.92. The van der Waals surface area contributed by atoms with Crippen molar-refractivity contribution in [2.75, 3.05) is 5.32 Å². The Hall–Kier alpha value is -3.74. The summed E-state index contributed by atoms with van der Waals surface area (Å²) < 4.78 is 1.65. The molecule has 3 aromatic rings. The van der Waals surface area contributed by atoms with E-state index in [0.29, 0.717) is 22.6 Å². The zero-order chi connectivity index (χ0) is 21.3. The van der Waals surface area contributed by atoms with Gasteiger partial charge in [0.1, 0.15) is 0 Å². The first-order valence-corrected chi connectivity index (χ1v) is 9.83. The number of para-hydroxylation sites is 2. The fourth-order valence-corrected chi connectivity index (χ4v) is 3.37. The Morgan fingerprint density at radius 2 is 1.63 bits per heavy atom. The highest BCUT2D eigenvalue weighted by molar-refractivity contribution is 6.47. The van der Waals surface area contributed by atoms with Crippen LogP contribution in [0.5, 0.6) is 0 Å². The van der Waals surface area contributed by atoms with Crippen LogP contribution in [-0.2, 0) is 4.79 Å². The summed E-state index contributed by atoms with van der Waals surface area (Å²) in [4.78, 5) is 38.1. The molecule has 1 fully saturated rings. The topological polar surface area (TPSA) is 93.1 Å². The van der Waals surface area contributed by atoms with E-state index in [1.807, 2.05) is 30.3 Å². The molecule has 7 nitrogen and oxygen atoms in total. The highest BCUT2D eigenvalue weighted by Crippen LogP contribution is 2.23. The maximum atomic E-state index is 12.9. The van der Waals surface area contributed by atoms with E-state index in [-0.39, 0.29) is 17.5 Å². The minimum Gasteiger partial charge on any atom is -0.349 e. The van der Waals surface area contributed by atoms with Gasteiger partial charge >= 0.3 is 0 Å². The van der Waals surface area contributed by atoms with Gasteiger partial charge in [-0.3, -0.25) is 14.4 Å². The number of anilines is 1. The second-order valence-corrected chi connectivity index (χ2v) is 7.37. The summed E-state index contributed by atoms with van der Waals surface area (Å²) in [5, 5.41) is 9.92. The molecule has 2 amide bonds. The lowest BCUT2D eigenvalue weighted by molar-refractivity contribution is -0.112. The highest BCUT2D eigenvalue weighted by Gasteiger charge is 2.28. The molecule has 4 rings (SSSR count). The van der Waals surface area contributed by atoms with Gasteiger partial charge in [0, 0.05) is 6.04 Å². The molecule has 152 valence electrons. The molecule has 7 heteroatoms. The molecule has 1 saturated carbocycles. The number of nitrogens with zero attached hydrogens (tertiary/aromatic N) is 2. The standard InChI is InChI=1S/C23H22N4O3/c1-14-20(15(2)27(26-14)17-8-4-3-5-9-17)21(28)23(30)25-19-11-7-6-10-18(19)22(29)24-16-12-13-16/h3-11,16H,12-13H2,1-2H3,(H,24,29)(H,25,30). The van der Waals surface area contributed by atoms with Crippen LogP contribution in [0.15, 0.2) is 54.6 Å². The Bertz CT molecular complexity index is 1130. The average Bonchev–Trinajstić information content (AvgIpc) is 3.51. The van der Waals surface area contributed by atoms with Gasteiger partial charge in [0.05, 0.1) is 33.9 Å². The van der Waals surface area contributed by atoms with Crippen LogP contribution in [0.3, 0.4) is 0 Å². The van der Waals surface area contributed by atoms with Crippen LogP contribution in [0.1, 0.15) is 44.9 Å². The monoisotopic (exact) mass is 402 g/mol. The minimum atomic E-state index is -0.805. The van der Waals surface area contributed by atoms with Gasteiger partial charge in [-0.25, -0.2) is 4.68 Å². The molecule has 0 spiro atoms. The van der Waals surface area contributed by atoms with Crippen molar-refractivity contribution in [3.63, 3.8) is 0 Å². The SMILES string of the molecule is Cc1nn(-c2ccccc2)c(C)c1C(=O)C(=O)Nc1ccccc1C(=O)NC1CC1. The predicted molar refractivity (Wildman–Crippen MR) is 113 cm³/mol. The molecule has 1 aliphatic carbocycles. The fourth-order valence-electron chi connectivity index (χ4n) is 3.37. The van der Waals surface area contributed by atoms with Gasteiger partial charge in [-0.2, -0.15) is 5.10 Å². The molecule has 0 unspecified atom stereocenters. The van der Waals surface area contributed by atoms with Gasteiger partial charge in [0.2, 0.25) is 0 Å². The number of rotatable bonds is 6. The Balaban J connectivity index is 1.58. The van der Waals surface area contributed by atoms with E-state index >= 15 is 0 Å². The van der Waals surface area contributed by atoms with E-state index in [4.69, 9.17) is 0 Å². The van der Waals surface area contributed by atoms with Crippen molar-refractivity contribution in [1.29, 1.82) is 0 Å². The van der Waals surface area contributed by atoms with Crippen LogP contribution in [0, 0.1) is 13.8 Å². The van der Waals surface area contributed by atoms with Crippen molar-refractivity contribution in [3.8, 4) is 5.69 Å². The molecule has 1 aromatic heterocycles. The van der Waals surface area contributed by atoms with Crippen LogP contribution in [0.2, 0.25) is 0 Å². The lowest BCUT2D eigenvalue weighted by atomic mass is 10.1. The van der Waals surface area contributed by atoms with Gasteiger partial charge in [-0.15, -0.1) is 0 Å². The number of ketones is 1. The van der Waals surface area contributed by atoms with Crippen LogP contribution in [0.4, 0.5) is 5.69 Å². The van der Waals surface area contributed by atoms with Crippen molar-refractivity contribution in [1.82, 2.24) is 15.1 Å². The van der Waals surface area contributed by atoms with E-state index in [2.05, 4.69) is 15.7 Å². The first kappa shape index (κ1) is 19.6. The summed E-state index contributed by atoms with van der Waals surface area (Å²) in [7, 11) is 0. The Kier molecular flexibility index (Phi) is 5.18. The molecular weight excluding hydrogens is 380 g/mol. The first-order chi connectivity index (χ1) is 14.5. The molecule has 0 aliphatic heterocycles. The zero-order valence-electron chi connectivity index (χ0n) is 16.8. The maximum Gasteiger partial charge on any atom is 0.296 e. The second kappa shape index (κ2) is 7.94. The minimum absolute atomic E-state index is 0.192. The molecular formula is C23H22N4O3. The van der Waals surface area contributed by atoms with E-state index in [9.17, 15) is 14.4 Å². The normalized spacial score (nSPS) is 13.0. The molecule has 1 aliphatic rings. The quantitative estimate of drug-likeness (QED) is 0.489. The number of hydrogen-bond donors (Lipinski definition) is 2. The Labute approximate surface area is 174 Å². The lowest BCUT2D eigenvalue weighted by Gasteiger charge is -2.11. The van der Waals surface area contributed by atoms with Gasteiger partial charge in [-0.05, 0) is 51.0 Å². The number of aryl methyl sites for hydroxylation is 1. The van der Waals surface area contributed by atoms with Crippen molar-refractivity contribution in [3.05, 3.63) is 77.1 Å². The number of carbonyl (C=O) groups excluding carboxylic acids is 3. The number of Topliss-reactive ketones (excluding diaryl/α,β-unsaturated/α-hetero) is 1. The molecule has 0 radical (unpaired) electrons. The number of amides is 2. The molecule has 2 aromatic carbocycles. The number of benzene rings is 2. The largest absolute Gasteiger partial charge is 0.349 e. The van der Waals surface area contributed by atoms with Crippen molar-refractivity contribution < 1.29 is 14.4 Å². The summed E-state index contributed by atoms with van der Waals surface area (Å²) in [5.74, 6) is -1.75. The van der Waals surface area contributed by atoms with Crippen molar-refractivity contribution in [2.24, 2.45) is 0 Å². The van der Waals surface area contributed by atoms with Gasteiger partial charge < -0.3 is 10.6 Å². The van der Waals surface area contributed by atoms with Crippen LogP contribution in [-0.4, -0.2) is 33.4 Å². The number of aromatic nitrogens is 2. The first-order valence-electron chi connectivity index (χ1n) is 9.83. The van der Waals surface area contributed by atoms with Gasteiger partial charge in [0.15, 0.2) is 0 Å². The van der Waals surface area contributed by atoms with Crippen molar-refractivity contribution in [2.45, 2.75) is 32.7 Å². The van der Waals surface area contributed by atoms with E-state index in [0.717, 1.165) is 18.5 Å². The van der Waals surface area contributed by atoms with Crippen LogP contribution in [0.25, 0.3) is 5.69 Å². The third kappa shape index (κ3) is 3.87. The smallest absolute Gasteiger partial charge is 0.296 e. The molecule has 0 bridgehead atoms. The average molecular weight is 402 g/mol. The molecule has 2 N–H and O–H groups in total. The number of nitrogens with one attached hydrogen (secondary N) is 2. The Morgan fingerprint density at radius 1 is 0.967 bits per heavy atom. The fraction of sp³-hybridized carbons (Fsp3) is 0.217. The number of carbonyl (C=O) groups is 3. The van der Waals surface area contributed by atoms with E-state index in [1.54, 1.807) is 42.8 Å². The van der Waals surface area contributed by atoms with E-state index < -0.39 is 11.7 Å². The summed E-state index contributed by atoms with van der Waals surface area (Å²) in [5.41, 5.74) is 2.75. The molecule has 30 heavy (non-hydrogen) atoms. The maximum absolute atomic E-state index is 12.9. The number of hydrogen-bond acceptors (Lipinski definition) is 4. The predicted octanol–water partition coefficient (Wildman–Crippen LogP) is 3.20. The Morgan fingerprint density at radius 3 is 2.33 bits per heavy atom. The van der Waals surface area contributed by atoms with Crippen LogP contribution < -0.4 is 10.6 Å². The second-order valence-electron chi connectivity index (χ2n) is 7.37. The van der Waals surface area contributed by atoms with E-state index in [1.165, 1.54) is 0 Å². The van der Waals surface area contributed by atoms with Gasteiger partial charge in [0.25, 0.3) is 17.6 Å².